The molecule has 0 saturated heterocycles. The van der Waals surface area contributed by atoms with Crippen molar-refractivity contribution >= 4 is 11.4 Å². The van der Waals surface area contributed by atoms with Crippen molar-refractivity contribution in [3.63, 3.8) is 0 Å². The van der Waals surface area contributed by atoms with E-state index in [1.165, 1.54) is 6.08 Å². The van der Waals surface area contributed by atoms with E-state index in [1.807, 2.05) is 13.8 Å². The average molecular weight is 177 g/mol. The van der Waals surface area contributed by atoms with Crippen LogP contribution in [0.5, 0.6) is 0 Å². The third-order valence-corrected chi connectivity index (χ3v) is 1.94. The van der Waals surface area contributed by atoms with Crippen LogP contribution in [-0.2, 0) is 0 Å². The van der Waals surface area contributed by atoms with E-state index in [4.69, 9.17) is 10.8 Å². The molecule has 0 spiro atoms. The highest BCUT2D eigenvalue weighted by molar-refractivity contribution is 6.52. The van der Waals surface area contributed by atoms with E-state index >= 15 is 0 Å². The lowest BCUT2D eigenvalue weighted by atomic mass is 9.90. The molecule has 0 aliphatic heterocycles. The van der Waals surface area contributed by atoms with Crippen LogP contribution < -0.4 is 0 Å². The van der Waals surface area contributed by atoms with Crippen LogP contribution in [0, 0.1) is 21.6 Å². The van der Waals surface area contributed by atoms with Crippen molar-refractivity contribution in [2.45, 2.75) is 13.8 Å². The molecule has 1 aliphatic carbocycles. The molecular weight excluding hydrogens is 166 g/mol. The lowest BCUT2D eigenvalue weighted by Crippen LogP contribution is -2.21. The first kappa shape index (κ1) is 9.51. The molecule has 1 rings (SSSR count). The summed E-state index contributed by atoms with van der Waals surface area (Å²) in [6.07, 6.45) is 3.17. The molecule has 0 aromatic rings. The van der Waals surface area contributed by atoms with E-state index < -0.39 is 0 Å². The topological polar surface area (TPSA) is 77.1 Å². The Morgan fingerprint density at radius 3 is 2.31 bits per heavy atom. The maximum atomic E-state index is 10.2. The molecule has 1 aliphatic rings. The second-order valence-corrected chi connectivity index (χ2v) is 3.17. The molecule has 13 heavy (non-hydrogen) atoms. The van der Waals surface area contributed by atoms with Gasteiger partial charge in [-0.1, -0.05) is 19.9 Å². The minimum Gasteiger partial charge on any atom is -0.298 e. The molecule has 68 valence electrons. The summed E-state index contributed by atoms with van der Waals surface area (Å²) in [6.45, 7) is 3.89. The van der Waals surface area contributed by atoms with Gasteiger partial charge in [-0.2, -0.15) is 0 Å². The summed E-state index contributed by atoms with van der Waals surface area (Å²) in [5, 5.41) is 17.7. The quantitative estimate of drug-likeness (QED) is 0.492. The summed E-state index contributed by atoms with van der Waals surface area (Å²) in [5.74, 6) is 0.192. The van der Waals surface area contributed by atoms with Gasteiger partial charge in [-0.05, 0) is 22.7 Å². The smallest absolute Gasteiger partial charge is 0.135 e. The molecule has 0 amide bonds. The lowest BCUT2D eigenvalue weighted by molar-refractivity contribution is 0.802. The number of nitroso groups, excluding NO2 is 1. The van der Waals surface area contributed by atoms with Gasteiger partial charge in [0.25, 0.3) is 0 Å². The van der Waals surface area contributed by atoms with Crippen LogP contribution in [0.15, 0.2) is 28.6 Å². The zero-order valence-corrected chi connectivity index (χ0v) is 7.59. The first-order chi connectivity index (χ1) is 6.07. The van der Waals surface area contributed by atoms with Gasteiger partial charge in [0.1, 0.15) is 11.4 Å². The molecule has 0 aromatic carbocycles. The highest BCUT2D eigenvalue weighted by atomic mass is 16.3. The van der Waals surface area contributed by atoms with Crippen molar-refractivity contribution in [3.05, 3.63) is 28.3 Å². The molecule has 2 N–H and O–H groups in total. The van der Waals surface area contributed by atoms with E-state index in [0.29, 0.717) is 0 Å². The molecule has 0 fully saturated rings. The van der Waals surface area contributed by atoms with Gasteiger partial charge in [0.05, 0.1) is 5.71 Å². The zero-order valence-electron chi connectivity index (χ0n) is 7.59. The second-order valence-electron chi connectivity index (χ2n) is 3.17. The van der Waals surface area contributed by atoms with Crippen LogP contribution in [0.3, 0.4) is 0 Å². The minimum atomic E-state index is -0.0822. The Bertz CT molecular complexity index is 337. The van der Waals surface area contributed by atoms with Crippen molar-refractivity contribution in [1.29, 1.82) is 10.8 Å². The summed E-state index contributed by atoms with van der Waals surface area (Å²) in [4.78, 5) is 10.2. The van der Waals surface area contributed by atoms with Gasteiger partial charge in [-0.15, -0.1) is 4.91 Å². The Morgan fingerprint density at radius 2 is 1.85 bits per heavy atom. The van der Waals surface area contributed by atoms with Gasteiger partial charge in [-0.25, -0.2) is 0 Å². The first-order valence-electron chi connectivity index (χ1n) is 4.01. The second kappa shape index (κ2) is 3.43. The molecule has 0 bridgehead atoms. The van der Waals surface area contributed by atoms with Crippen LogP contribution >= 0.6 is 0 Å². The number of rotatable bonds is 2. The van der Waals surface area contributed by atoms with Crippen LogP contribution in [0.2, 0.25) is 0 Å². The molecule has 4 heteroatoms. The van der Waals surface area contributed by atoms with Crippen molar-refractivity contribution in [2.75, 3.05) is 0 Å². The predicted octanol–water partition coefficient (Wildman–Crippen LogP) is 2.27. The molecule has 0 atom stereocenters. The summed E-state index contributed by atoms with van der Waals surface area (Å²) in [5.41, 5.74) is 0.833. The molecule has 0 saturated carbocycles. The third kappa shape index (κ3) is 1.61. The Labute approximate surface area is 76.3 Å². The average Bonchev–Trinajstić information content (AvgIpc) is 2.09. The fraction of sp³-hybridized carbons (Fsp3) is 0.333. The third-order valence-electron chi connectivity index (χ3n) is 1.94. The molecule has 0 aromatic heterocycles. The standard InChI is InChI=1S/C9H11N3O/c1-5(2)6-3-4-7(12-13)9(11)8(6)10/h3-5,10-11H,1-2H3. The molecule has 0 heterocycles. The van der Waals surface area contributed by atoms with E-state index in [2.05, 4.69) is 5.18 Å². The predicted molar refractivity (Wildman–Crippen MR) is 52.3 cm³/mol. The van der Waals surface area contributed by atoms with Gasteiger partial charge >= 0.3 is 0 Å². The molecule has 0 unspecified atom stereocenters. The van der Waals surface area contributed by atoms with Crippen LogP contribution in [0.4, 0.5) is 0 Å². The normalized spacial score (nSPS) is 17.2. The SMILES string of the molecule is CC(C)C1=CC=C(N=O)C(=N)C1=N. The number of hydrogen-bond donors (Lipinski definition) is 2. The Morgan fingerprint density at radius 1 is 1.23 bits per heavy atom. The van der Waals surface area contributed by atoms with Crippen molar-refractivity contribution < 1.29 is 0 Å². The zero-order chi connectivity index (χ0) is 10.0. The fourth-order valence-electron chi connectivity index (χ4n) is 1.16. The number of hydrogen-bond acceptors (Lipinski definition) is 4. The lowest BCUT2D eigenvalue weighted by Gasteiger charge is -2.15. The highest BCUT2D eigenvalue weighted by Gasteiger charge is 2.20. The first-order valence-corrected chi connectivity index (χ1v) is 4.01. The van der Waals surface area contributed by atoms with E-state index in [-0.39, 0.29) is 23.0 Å². The van der Waals surface area contributed by atoms with Crippen LogP contribution in [0.25, 0.3) is 0 Å². The Kier molecular flexibility index (Phi) is 2.51. The molecule has 4 nitrogen and oxygen atoms in total. The Hall–Kier alpha value is -1.58. The summed E-state index contributed by atoms with van der Waals surface area (Å²) in [6, 6.07) is 0. The summed E-state index contributed by atoms with van der Waals surface area (Å²) in [7, 11) is 0. The maximum absolute atomic E-state index is 10.2. The van der Waals surface area contributed by atoms with Crippen molar-refractivity contribution in [1.82, 2.24) is 0 Å². The fourth-order valence-corrected chi connectivity index (χ4v) is 1.16. The monoisotopic (exact) mass is 177 g/mol. The van der Waals surface area contributed by atoms with E-state index in [9.17, 15) is 4.91 Å². The van der Waals surface area contributed by atoms with Gasteiger partial charge in [0.15, 0.2) is 0 Å². The molecule has 0 radical (unpaired) electrons. The summed E-state index contributed by atoms with van der Waals surface area (Å²) >= 11 is 0. The van der Waals surface area contributed by atoms with E-state index in [1.54, 1.807) is 6.08 Å². The largest absolute Gasteiger partial charge is 0.298 e. The highest BCUT2D eigenvalue weighted by Crippen LogP contribution is 2.19. The van der Waals surface area contributed by atoms with Crippen molar-refractivity contribution in [2.24, 2.45) is 11.1 Å². The van der Waals surface area contributed by atoms with Gasteiger partial charge in [-0.3, -0.25) is 10.8 Å². The van der Waals surface area contributed by atoms with Crippen molar-refractivity contribution in [3.8, 4) is 0 Å². The summed E-state index contributed by atoms with van der Waals surface area (Å²) < 4.78 is 0. The van der Waals surface area contributed by atoms with Gasteiger partial charge in [0, 0.05) is 0 Å². The number of nitrogens with zero attached hydrogens (tertiary/aromatic N) is 1. The van der Waals surface area contributed by atoms with Crippen LogP contribution in [-0.4, -0.2) is 11.4 Å². The number of nitrogens with one attached hydrogen (secondary N) is 2. The minimum absolute atomic E-state index is 0.0365. The maximum Gasteiger partial charge on any atom is 0.135 e. The van der Waals surface area contributed by atoms with Gasteiger partial charge in [0.2, 0.25) is 0 Å². The number of allylic oxidation sites excluding steroid dienone is 4. The molecular formula is C9H11N3O. The van der Waals surface area contributed by atoms with Gasteiger partial charge < -0.3 is 0 Å². The van der Waals surface area contributed by atoms with Crippen LogP contribution in [0.1, 0.15) is 13.8 Å². The van der Waals surface area contributed by atoms with E-state index in [0.717, 1.165) is 5.57 Å². The Balaban J connectivity index is 3.11.